The normalized spacial score (nSPS) is 13.5. The van der Waals surface area contributed by atoms with Crippen molar-refractivity contribution in [3.05, 3.63) is 48.2 Å². The minimum absolute atomic E-state index is 0.0421. The third kappa shape index (κ3) is 3.49. The Bertz CT molecular complexity index is 689. The minimum Gasteiger partial charge on any atom is -0.340 e. The molecule has 1 saturated carbocycles. The van der Waals surface area contributed by atoms with Gasteiger partial charge in [-0.3, -0.25) is 9.59 Å². The molecule has 0 spiro atoms. The number of rotatable bonds is 5. The fourth-order valence-electron chi connectivity index (χ4n) is 2.07. The molecule has 3 rings (SSSR count). The maximum absolute atomic E-state index is 11.7. The Morgan fingerprint density at radius 1 is 1.05 bits per heavy atom. The number of Topliss-reactive ketones (excluding diaryl/α,β-unsaturated/α-hetero) is 1. The lowest BCUT2D eigenvalue weighted by molar-refractivity contribution is -0.117. The van der Waals surface area contributed by atoms with Crippen LogP contribution in [0.1, 0.15) is 30.1 Å². The van der Waals surface area contributed by atoms with Crippen LogP contribution in [0, 0.1) is 5.92 Å². The van der Waals surface area contributed by atoms with Gasteiger partial charge in [0.1, 0.15) is 5.82 Å². The molecule has 1 aromatic carbocycles. The van der Waals surface area contributed by atoms with E-state index in [0.29, 0.717) is 17.1 Å². The Labute approximate surface area is 128 Å². The van der Waals surface area contributed by atoms with Crippen LogP contribution in [0.3, 0.4) is 0 Å². The maximum atomic E-state index is 11.7. The first-order chi connectivity index (χ1) is 10.6. The van der Waals surface area contributed by atoms with Gasteiger partial charge >= 0.3 is 0 Å². The van der Waals surface area contributed by atoms with E-state index in [2.05, 4.69) is 15.6 Å². The summed E-state index contributed by atoms with van der Waals surface area (Å²) in [5, 5.41) is 6.00. The summed E-state index contributed by atoms with van der Waals surface area (Å²) < 4.78 is 0. The molecule has 0 bridgehead atoms. The van der Waals surface area contributed by atoms with Crippen LogP contribution in [0.4, 0.5) is 17.2 Å². The van der Waals surface area contributed by atoms with Gasteiger partial charge < -0.3 is 10.6 Å². The van der Waals surface area contributed by atoms with E-state index in [1.807, 2.05) is 18.2 Å². The largest absolute Gasteiger partial charge is 0.340 e. The van der Waals surface area contributed by atoms with E-state index in [1.165, 1.54) is 0 Å². The molecule has 0 saturated heterocycles. The zero-order chi connectivity index (χ0) is 15.5. The van der Waals surface area contributed by atoms with Crippen molar-refractivity contribution in [2.75, 3.05) is 10.6 Å². The highest BCUT2D eigenvalue weighted by molar-refractivity contribution is 5.94. The van der Waals surface area contributed by atoms with Crippen LogP contribution >= 0.6 is 0 Å². The van der Waals surface area contributed by atoms with Crippen LogP contribution in [-0.2, 0) is 4.79 Å². The fraction of sp³-hybridized carbons (Fsp3) is 0.235. The second-order valence-corrected chi connectivity index (χ2v) is 5.45. The Balaban J connectivity index is 1.62. The number of ketones is 1. The van der Waals surface area contributed by atoms with Crippen molar-refractivity contribution in [3.8, 4) is 0 Å². The van der Waals surface area contributed by atoms with Crippen molar-refractivity contribution < 1.29 is 9.59 Å². The summed E-state index contributed by atoms with van der Waals surface area (Å²) in [6, 6.07) is 10.8. The van der Waals surface area contributed by atoms with Gasteiger partial charge in [0.15, 0.2) is 5.78 Å². The van der Waals surface area contributed by atoms with E-state index >= 15 is 0 Å². The zero-order valence-corrected chi connectivity index (χ0v) is 12.3. The van der Waals surface area contributed by atoms with Gasteiger partial charge in [-0.2, -0.15) is 0 Å². The molecule has 5 heteroatoms. The lowest BCUT2D eigenvalue weighted by atomic mass is 10.1. The molecule has 1 heterocycles. The van der Waals surface area contributed by atoms with E-state index < -0.39 is 0 Å². The van der Waals surface area contributed by atoms with Crippen LogP contribution < -0.4 is 10.6 Å². The number of carbonyl (C=O) groups excluding carboxylic acids is 2. The monoisotopic (exact) mass is 295 g/mol. The number of hydrogen-bond donors (Lipinski definition) is 2. The van der Waals surface area contributed by atoms with Gasteiger partial charge in [-0.25, -0.2) is 4.98 Å². The fourth-order valence-corrected chi connectivity index (χ4v) is 2.07. The van der Waals surface area contributed by atoms with E-state index in [0.717, 1.165) is 18.5 Å². The number of nitrogens with zero attached hydrogens (tertiary/aromatic N) is 1. The van der Waals surface area contributed by atoms with Crippen molar-refractivity contribution in [2.45, 2.75) is 19.8 Å². The van der Waals surface area contributed by atoms with Gasteiger partial charge in [0.25, 0.3) is 0 Å². The molecular weight excluding hydrogens is 278 g/mol. The number of nitrogens with one attached hydrogen (secondary N) is 2. The highest BCUT2D eigenvalue weighted by Gasteiger charge is 2.29. The average molecular weight is 295 g/mol. The first-order valence-corrected chi connectivity index (χ1v) is 7.27. The molecule has 1 fully saturated rings. The molecule has 2 N–H and O–H groups in total. The molecule has 1 aromatic heterocycles. The molecule has 112 valence electrons. The van der Waals surface area contributed by atoms with E-state index in [-0.39, 0.29) is 17.6 Å². The van der Waals surface area contributed by atoms with Gasteiger partial charge in [-0.05, 0) is 56.2 Å². The number of hydrogen-bond acceptors (Lipinski definition) is 4. The molecule has 1 aliphatic rings. The first kappa shape index (κ1) is 14.3. The highest BCUT2D eigenvalue weighted by atomic mass is 16.2. The van der Waals surface area contributed by atoms with E-state index in [9.17, 15) is 9.59 Å². The van der Waals surface area contributed by atoms with Crippen molar-refractivity contribution in [1.82, 2.24) is 4.98 Å². The molecule has 0 unspecified atom stereocenters. The number of benzene rings is 1. The Morgan fingerprint density at radius 2 is 1.73 bits per heavy atom. The third-order valence-corrected chi connectivity index (χ3v) is 3.54. The number of pyridine rings is 1. The van der Waals surface area contributed by atoms with Crippen LogP contribution in [-0.4, -0.2) is 16.7 Å². The number of carbonyl (C=O) groups is 2. The summed E-state index contributed by atoms with van der Waals surface area (Å²) in [7, 11) is 0. The van der Waals surface area contributed by atoms with Gasteiger partial charge in [0.2, 0.25) is 5.91 Å². The van der Waals surface area contributed by atoms with Crippen molar-refractivity contribution in [1.29, 1.82) is 0 Å². The van der Waals surface area contributed by atoms with Gasteiger partial charge in [0.05, 0.1) is 11.9 Å². The molecule has 0 radical (unpaired) electrons. The van der Waals surface area contributed by atoms with Gasteiger partial charge in [0, 0.05) is 17.2 Å². The predicted molar refractivity (Wildman–Crippen MR) is 85.3 cm³/mol. The lowest BCUT2D eigenvalue weighted by Gasteiger charge is -2.08. The third-order valence-electron chi connectivity index (χ3n) is 3.54. The molecule has 0 atom stereocenters. The first-order valence-electron chi connectivity index (χ1n) is 7.27. The minimum atomic E-state index is 0.0421. The van der Waals surface area contributed by atoms with Crippen LogP contribution in [0.25, 0.3) is 0 Å². The highest BCUT2D eigenvalue weighted by Crippen LogP contribution is 2.30. The Kier molecular flexibility index (Phi) is 3.87. The molecule has 1 aliphatic carbocycles. The van der Waals surface area contributed by atoms with Crippen molar-refractivity contribution in [3.63, 3.8) is 0 Å². The summed E-state index contributed by atoms with van der Waals surface area (Å²) in [6.07, 6.45) is 3.59. The summed E-state index contributed by atoms with van der Waals surface area (Å²) in [5.74, 6) is 0.973. The summed E-state index contributed by atoms with van der Waals surface area (Å²) >= 11 is 0. The van der Waals surface area contributed by atoms with Crippen LogP contribution in [0.15, 0.2) is 42.6 Å². The predicted octanol–water partition coefficient (Wildman–Crippen LogP) is 3.38. The summed E-state index contributed by atoms with van der Waals surface area (Å²) in [5.41, 5.74) is 2.23. The average Bonchev–Trinajstić information content (AvgIpc) is 3.34. The topological polar surface area (TPSA) is 71.1 Å². The molecule has 1 amide bonds. The van der Waals surface area contributed by atoms with Crippen LogP contribution in [0.2, 0.25) is 0 Å². The quantitative estimate of drug-likeness (QED) is 0.830. The second kappa shape index (κ2) is 5.97. The SMILES string of the molecule is CC(=O)c1ccc(Nc2ccc(NC(=O)C3CC3)cn2)cc1. The smallest absolute Gasteiger partial charge is 0.227 e. The summed E-state index contributed by atoms with van der Waals surface area (Å²) in [4.78, 5) is 27.2. The number of anilines is 3. The van der Waals surface area contributed by atoms with Crippen molar-refractivity contribution in [2.24, 2.45) is 5.92 Å². The van der Waals surface area contributed by atoms with Gasteiger partial charge in [-0.1, -0.05) is 0 Å². The summed E-state index contributed by atoms with van der Waals surface area (Å²) in [6.45, 7) is 1.54. The number of aromatic nitrogens is 1. The molecular formula is C17H17N3O2. The Hall–Kier alpha value is -2.69. The second-order valence-electron chi connectivity index (χ2n) is 5.45. The van der Waals surface area contributed by atoms with Crippen molar-refractivity contribution >= 4 is 28.9 Å². The lowest BCUT2D eigenvalue weighted by Crippen LogP contribution is -2.13. The maximum Gasteiger partial charge on any atom is 0.227 e. The van der Waals surface area contributed by atoms with Gasteiger partial charge in [-0.15, -0.1) is 0 Å². The zero-order valence-electron chi connectivity index (χ0n) is 12.3. The Morgan fingerprint density at radius 3 is 2.27 bits per heavy atom. The van der Waals surface area contributed by atoms with E-state index in [1.54, 1.807) is 31.3 Å². The number of amides is 1. The molecule has 5 nitrogen and oxygen atoms in total. The molecule has 22 heavy (non-hydrogen) atoms. The standard InChI is InChI=1S/C17H17N3O2/c1-11(21)12-4-6-14(7-5-12)19-16-9-8-15(10-18-16)20-17(22)13-2-3-13/h4-10,13H,2-3H2,1H3,(H,18,19)(H,20,22). The van der Waals surface area contributed by atoms with Crippen LogP contribution in [0.5, 0.6) is 0 Å². The van der Waals surface area contributed by atoms with E-state index in [4.69, 9.17) is 0 Å². The molecule has 2 aromatic rings. The molecule has 0 aliphatic heterocycles.